The first-order valence-electron chi connectivity index (χ1n) is 15.1. The van der Waals surface area contributed by atoms with Gasteiger partial charge in [-0.15, -0.1) is 0 Å². The van der Waals surface area contributed by atoms with Crippen LogP contribution < -0.4 is 19.3 Å². The number of aliphatic hydroxyl groups excluding tert-OH is 1. The number of halogens is 3. The number of carbonyl (C=O) groups is 1. The Morgan fingerprint density at radius 3 is 2.64 bits per heavy atom. The number of benzene rings is 1. The number of aliphatic hydroxyl groups is 1. The number of amides is 1. The molecule has 0 saturated carbocycles. The quantitative estimate of drug-likeness (QED) is 0.297. The standard InChI is InChI=1S/C31H38F3N7O4.2H2S/c1-4-27(43)41-14-13-40(18-22(41)17-35-2)29-23-10-12-39(25-8-5-9-26(44-3)28(25)31(32,33)34)19-24(23)36-30(37-29)45-20-21-7-6-11-38(21)15-16-42;;/h4-5,8-9,21-22,42H,1,6-7,10-20H2,3H3;2*1H2/t21-,22-;;/m0../s1. The molecule has 4 heterocycles. The van der Waals surface area contributed by atoms with Crippen LogP contribution in [0, 0.1) is 6.57 Å². The second-order valence-corrected chi connectivity index (χ2v) is 11.3. The van der Waals surface area contributed by atoms with Crippen molar-refractivity contribution in [2.75, 3.05) is 75.9 Å². The molecule has 2 aromatic rings. The van der Waals surface area contributed by atoms with Gasteiger partial charge in [0.2, 0.25) is 12.5 Å². The normalized spacial score (nSPS) is 19.6. The lowest BCUT2D eigenvalue weighted by Crippen LogP contribution is -2.56. The number of β-amino-alcohol motifs (C(OH)–C–C–N with tert-alkyl or cyclic N) is 1. The molecule has 1 amide bonds. The van der Waals surface area contributed by atoms with Crippen LogP contribution in [0.4, 0.5) is 24.7 Å². The summed E-state index contributed by atoms with van der Waals surface area (Å²) < 4.78 is 53.9. The van der Waals surface area contributed by atoms with Crippen molar-refractivity contribution in [1.82, 2.24) is 19.8 Å². The van der Waals surface area contributed by atoms with E-state index in [1.54, 1.807) is 15.9 Å². The highest BCUT2D eigenvalue weighted by molar-refractivity contribution is 7.59. The Morgan fingerprint density at radius 2 is 1.96 bits per heavy atom. The Morgan fingerprint density at radius 1 is 1.17 bits per heavy atom. The number of fused-ring (bicyclic) bond motifs is 1. The molecule has 3 aliphatic rings. The molecular formula is C31H42F3N7O4S2. The van der Waals surface area contributed by atoms with Gasteiger partial charge >= 0.3 is 12.2 Å². The van der Waals surface area contributed by atoms with Crippen molar-refractivity contribution in [2.24, 2.45) is 0 Å². The van der Waals surface area contributed by atoms with E-state index in [1.165, 1.54) is 25.3 Å². The summed E-state index contributed by atoms with van der Waals surface area (Å²) in [4.78, 5) is 33.1. The van der Waals surface area contributed by atoms with E-state index in [2.05, 4.69) is 16.3 Å². The Hall–Kier alpha value is -3.39. The number of hydrogen-bond donors (Lipinski definition) is 1. The molecule has 258 valence electrons. The minimum Gasteiger partial charge on any atom is -0.496 e. The summed E-state index contributed by atoms with van der Waals surface area (Å²) in [6, 6.07) is 4.11. The highest BCUT2D eigenvalue weighted by Gasteiger charge is 2.40. The summed E-state index contributed by atoms with van der Waals surface area (Å²) in [6.45, 7) is 14.4. The van der Waals surface area contributed by atoms with E-state index < -0.39 is 11.7 Å². The van der Waals surface area contributed by atoms with Crippen LogP contribution in [-0.4, -0.2) is 109 Å². The van der Waals surface area contributed by atoms with Gasteiger partial charge in [-0.25, -0.2) is 6.57 Å². The average molecular weight is 698 g/mol. The molecule has 1 aromatic heterocycles. The van der Waals surface area contributed by atoms with Crippen LogP contribution in [0.15, 0.2) is 30.9 Å². The lowest BCUT2D eigenvalue weighted by atomic mass is 10.0. The van der Waals surface area contributed by atoms with E-state index in [4.69, 9.17) is 26.0 Å². The molecule has 1 aromatic carbocycles. The number of likely N-dealkylation sites (tertiary alicyclic amines) is 1. The Balaban J connectivity index is 0.00000300. The maximum Gasteiger partial charge on any atom is 0.421 e. The van der Waals surface area contributed by atoms with E-state index in [0.717, 1.165) is 24.9 Å². The van der Waals surface area contributed by atoms with Gasteiger partial charge in [0.05, 0.1) is 31.6 Å². The molecule has 0 spiro atoms. The second-order valence-electron chi connectivity index (χ2n) is 11.3. The molecule has 0 aliphatic carbocycles. The van der Waals surface area contributed by atoms with Gasteiger partial charge in [0, 0.05) is 44.3 Å². The highest BCUT2D eigenvalue weighted by Crippen LogP contribution is 2.44. The van der Waals surface area contributed by atoms with Gasteiger partial charge in [-0.1, -0.05) is 12.6 Å². The first kappa shape index (κ1) is 38.1. The zero-order chi connectivity index (χ0) is 32.1. The zero-order valence-electron chi connectivity index (χ0n) is 26.3. The molecule has 0 unspecified atom stereocenters. The monoisotopic (exact) mass is 697 g/mol. The number of nitrogens with zero attached hydrogens (tertiary/aromatic N) is 7. The fourth-order valence-corrected chi connectivity index (χ4v) is 6.55. The van der Waals surface area contributed by atoms with E-state index in [0.29, 0.717) is 57.3 Å². The van der Waals surface area contributed by atoms with E-state index >= 15 is 0 Å². The second kappa shape index (κ2) is 16.6. The van der Waals surface area contributed by atoms with Gasteiger partial charge in [0.25, 0.3) is 0 Å². The van der Waals surface area contributed by atoms with Gasteiger partial charge < -0.3 is 34.1 Å². The smallest absolute Gasteiger partial charge is 0.421 e. The number of piperazine rings is 1. The maximum absolute atomic E-state index is 14.2. The molecule has 2 atom stereocenters. The van der Waals surface area contributed by atoms with E-state index in [1.807, 2.05) is 4.90 Å². The SMILES string of the molecule is S.S.[C-]#[N+]C[C@H]1CN(c2nc(OC[C@@H]3CCCN3CCO)nc3c2CCN(c2cccc(OC)c2C(F)(F)F)C3)CCN1C(=O)C=C. The van der Waals surface area contributed by atoms with Crippen molar-refractivity contribution in [3.63, 3.8) is 0 Å². The highest BCUT2D eigenvalue weighted by atomic mass is 32.1. The van der Waals surface area contributed by atoms with Gasteiger partial charge in [-0.3, -0.25) is 9.69 Å². The van der Waals surface area contributed by atoms with Crippen LogP contribution >= 0.6 is 27.0 Å². The number of rotatable bonds is 10. The Bertz CT molecular complexity index is 1450. The number of methoxy groups -OCH3 is 1. The summed E-state index contributed by atoms with van der Waals surface area (Å²) in [6.07, 6.45) is -1.12. The molecule has 2 saturated heterocycles. The zero-order valence-corrected chi connectivity index (χ0v) is 28.3. The molecule has 0 radical (unpaired) electrons. The number of ether oxygens (including phenoxy) is 2. The Labute approximate surface area is 287 Å². The third-order valence-electron chi connectivity index (χ3n) is 8.70. The number of carbonyl (C=O) groups excluding carboxylic acids is 1. The van der Waals surface area contributed by atoms with Crippen LogP contribution in [0.25, 0.3) is 4.85 Å². The molecule has 47 heavy (non-hydrogen) atoms. The van der Waals surface area contributed by atoms with Crippen molar-refractivity contribution in [3.05, 3.63) is 59.1 Å². The summed E-state index contributed by atoms with van der Waals surface area (Å²) in [5.41, 5.74) is 0.538. The minimum atomic E-state index is -4.63. The minimum absolute atomic E-state index is 0. The number of alkyl halides is 3. The summed E-state index contributed by atoms with van der Waals surface area (Å²) in [7, 11) is 1.22. The first-order chi connectivity index (χ1) is 21.7. The van der Waals surface area contributed by atoms with Crippen molar-refractivity contribution < 1.29 is 32.5 Å². The molecule has 2 fully saturated rings. The largest absolute Gasteiger partial charge is 0.496 e. The van der Waals surface area contributed by atoms with Crippen LogP contribution in [-0.2, 0) is 23.9 Å². The number of hydrogen-bond acceptors (Lipinski definition) is 9. The molecule has 1 N–H and O–H groups in total. The lowest BCUT2D eigenvalue weighted by Gasteiger charge is -2.41. The van der Waals surface area contributed by atoms with Crippen molar-refractivity contribution in [2.45, 2.75) is 44.1 Å². The van der Waals surface area contributed by atoms with Crippen LogP contribution in [0.5, 0.6) is 11.8 Å². The molecular weight excluding hydrogens is 656 g/mol. The first-order valence-corrected chi connectivity index (χ1v) is 15.1. The van der Waals surface area contributed by atoms with Crippen molar-refractivity contribution in [1.29, 1.82) is 0 Å². The fourth-order valence-electron chi connectivity index (χ4n) is 6.55. The molecule has 3 aliphatic heterocycles. The van der Waals surface area contributed by atoms with Crippen molar-refractivity contribution in [3.8, 4) is 11.8 Å². The van der Waals surface area contributed by atoms with Gasteiger partial charge in [-0.05, 0) is 44.0 Å². The van der Waals surface area contributed by atoms with Crippen LogP contribution in [0.3, 0.4) is 0 Å². The number of anilines is 2. The third-order valence-corrected chi connectivity index (χ3v) is 8.70. The van der Waals surface area contributed by atoms with Crippen molar-refractivity contribution >= 4 is 44.4 Å². The maximum atomic E-state index is 14.2. The molecule has 0 bridgehead atoms. The van der Waals surface area contributed by atoms with Gasteiger partial charge in [-0.2, -0.15) is 50.1 Å². The van der Waals surface area contributed by atoms with Gasteiger partial charge in [0.1, 0.15) is 29.8 Å². The Kier molecular flexibility index (Phi) is 13.5. The molecule has 16 heteroatoms. The molecule has 11 nitrogen and oxygen atoms in total. The summed E-state index contributed by atoms with van der Waals surface area (Å²) >= 11 is 0. The van der Waals surface area contributed by atoms with Gasteiger partial charge in [0.15, 0.2) is 0 Å². The summed E-state index contributed by atoms with van der Waals surface area (Å²) in [5.74, 6) is 0.117. The van der Waals surface area contributed by atoms with Crippen LogP contribution in [0.1, 0.15) is 29.7 Å². The number of aromatic nitrogens is 2. The average Bonchev–Trinajstić information content (AvgIpc) is 3.49. The lowest BCUT2D eigenvalue weighted by molar-refractivity contribution is -0.138. The van der Waals surface area contributed by atoms with E-state index in [9.17, 15) is 23.1 Å². The van der Waals surface area contributed by atoms with E-state index in [-0.39, 0.29) is 82.1 Å². The molecule has 5 rings (SSSR count). The van der Waals surface area contributed by atoms with Crippen LogP contribution in [0.2, 0.25) is 0 Å². The fraction of sp³-hybridized carbons (Fsp3) is 0.548. The third kappa shape index (κ3) is 8.37. The summed E-state index contributed by atoms with van der Waals surface area (Å²) in [5, 5.41) is 9.45. The predicted molar refractivity (Wildman–Crippen MR) is 182 cm³/mol. The topological polar surface area (TPSA) is 98.9 Å². The predicted octanol–water partition coefficient (Wildman–Crippen LogP) is 3.25.